The summed E-state index contributed by atoms with van der Waals surface area (Å²) in [6.45, 7) is 4.38. The molecule has 1 saturated heterocycles. The van der Waals surface area contributed by atoms with E-state index >= 15 is 0 Å². The number of nitrogens with zero attached hydrogens (tertiary/aromatic N) is 2. The van der Waals surface area contributed by atoms with Crippen LogP contribution in [0.3, 0.4) is 0 Å². The van der Waals surface area contributed by atoms with Crippen molar-refractivity contribution >= 4 is 78.1 Å². The lowest BCUT2D eigenvalue weighted by molar-refractivity contribution is -0.123. The molecule has 0 spiro atoms. The molecule has 30 heavy (non-hydrogen) atoms. The van der Waals surface area contributed by atoms with Crippen LogP contribution in [0.1, 0.15) is 33.9 Å². The molecule has 1 atom stereocenters. The molecule has 1 N–H and O–H groups in total. The van der Waals surface area contributed by atoms with Gasteiger partial charge in [-0.25, -0.2) is 0 Å². The Kier molecular flexibility index (Phi) is 7.24. The molecule has 0 bridgehead atoms. The molecule has 2 aromatic rings. The minimum atomic E-state index is -0.261. The second-order valence-electron chi connectivity index (χ2n) is 7.45. The Bertz CT molecular complexity index is 993. The van der Waals surface area contributed by atoms with Crippen molar-refractivity contribution in [1.82, 2.24) is 15.1 Å². The molecule has 1 aliphatic heterocycles. The Labute approximate surface area is 206 Å². The quantitative estimate of drug-likeness (QED) is 0.520. The zero-order chi connectivity index (χ0) is 21.4. The Balaban J connectivity index is 1.28. The van der Waals surface area contributed by atoms with Gasteiger partial charge in [-0.3, -0.25) is 19.4 Å². The average molecular weight is 596 g/mol. The van der Waals surface area contributed by atoms with E-state index in [1.807, 2.05) is 12.1 Å². The fraction of sp³-hybridized carbons (Fsp3) is 0.400. The summed E-state index contributed by atoms with van der Waals surface area (Å²) in [6, 6.07) is 5.43. The molecule has 0 saturated carbocycles. The summed E-state index contributed by atoms with van der Waals surface area (Å²) in [6.07, 6.45) is 0.315. The minimum absolute atomic E-state index is 0.0544. The lowest BCUT2D eigenvalue weighted by Crippen LogP contribution is -2.49. The highest BCUT2D eigenvalue weighted by Crippen LogP contribution is 2.46. The third-order valence-electron chi connectivity index (χ3n) is 5.47. The van der Waals surface area contributed by atoms with Crippen molar-refractivity contribution in [2.24, 2.45) is 0 Å². The van der Waals surface area contributed by atoms with E-state index in [9.17, 15) is 9.59 Å². The molecule has 5 nitrogen and oxygen atoms in total. The van der Waals surface area contributed by atoms with Crippen LogP contribution in [0.25, 0.3) is 0 Å². The average Bonchev–Trinajstić information content (AvgIpc) is 3.18. The molecule has 10 heteroatoms. The van der Waals surface area contributed by atoms with E-state index in [1.54, 1.807) is 6.07 Å². The van der Waals surface area contributed by atoms with Crippen LogP contribution in [0.4, 0.5) is 0 Å². The number of piperazine rings is 1. The van der Waals surface area contributed by atoms with Gasteiger partial charge in [-0.05, 0) is 43.5 Å². The van der Waals surface area contributed by atoms with Crippen LogP contribution in [-0.4, -0.2) is 54.2 Å². The number of hydrogen-bond donors (Lipinski definition) is 1. The molecule has 1 aromatic heterocycles. The topological polar surface area (TPSA) is 52.7 Å². The van der Waals surface area contributed by atoms with Crippen LogP contribution >= 0.6 is 66.4 Å². The predicted molar refractivity (Wildman–Crippen MR) is 128 cm³/mol. The summed E-state index contributed by atoms with van der Waals surface area (Å²) in [5.41, 5.74) is 2.61. The second-order valence-corrected chi connectivity index (χ2v) is 11.9. The van der Waals surface area contributed by atoms with E-state index in [0.29, 0.717) is 28.6 Å². The van der Waals surface area contributed by atoms with Gasteiger partial charge in [0.2, 0.25) is 5.91 Å². The van der Waals surface area contributed by atoms with Gasteiger partial charge in [0, 0.05) is 50.3 Å². The second kappa shape index (κ2) is 9.57. The highest BCUT2D eigenvalue weighted by atomic mass is 79.9. The molecule has 160 valence electrons. The van der Waals surface area contributed by atoms with Gasteiger partial charge < -0.3 is 5.32 Å². The van der Waals surface area contributed by atoms with Crippen LogP contribution < -0.4 is 5.32 Å². The van der Waals surface area contributed by atoms with Crippen molar-refractivity contribution in [3.8, 4) is 0 Å². The van der Waals surface area contributed by atoms with Crippen molar-refractivity contribution in [1.29, 1.82) is 0 Å². The maximum absolute atomic E-state index is 12.6. The molecular formula is C20H19Br2Cl2N3O2S. The van der Waals surface area contributed by atoms with Crippen molar-refractivity contribution in [3.05, 3.63) is 52.5 Å². The first-order valence-electron chi connectivity index (χ1n) is 9.51. The third kappa shape index (κ3) is 4.80. The number of halogens is 4. The van der Waals surface area contributed by atoms with Gasteiger partial charge in [-0.15, -0.1) is 11.3 Å². The van der Waals surface area contributed by atoms with Crippen molar-refractivity contribution in [3.63, 3.8) is 0 Å². The molecule has 2 heterocycles. The van der Waals surface area contributed by atoms with Gasteiger partial charge in [0.05, 0.1) is 30.2 Å². The summed E-state index contributed by atoms with van der Waals surface area (Å²) >= 11 is 20.8. The monoisotopic (exact) mass is 593 g/mol. The Morgan fingerprint density at radius 3 is 2.57 bits per heavy atom. The molecular weight excluding hydrogens is 577 g/mol. The van der Waals surface area contributed by atoms with Crippen molar-refractivity contribution in [2.45, 2.75) is 19.0 Å². The van der Waals surface area contributed by atoms with Gasteiger partial charge in [0.25, 0.3) is 0 Å². The normalized spacial score (nSPS) is 19.9. The number of carbonyl (C=O) groups excluding carboxylic acids is 2. The summed E-state index contributed by atoms with van der Waals surface area (Å²) in [5, 5.41) is 4.22. The lowest BCUT2D eigenvalue weighted by Gasteiger charge is -2.34. The van der Waals surface area contributed by atoms with E-state index in [1.165, 1.54) is 11.3 Å². The highest BCUT2D eigenvalue weighted by Gasteiger charge is 2.36. The number of rotatable bonds is 5. The zero-order valence-corrected chi connectivity index (χ0v) is 21.4. The zero-order valence-electron chi connectivity index (χ0n) is 15.9. The van der Waals surface area contributed by atoms with Gasteiger partial charge in [0.15, 0.2) is 5.78 Å². The molecule has 0 radical (unpaired) electrons. The summed E-state index contributed by atoms with van der Waals surface area (Å²) in [4.78, 5) is 29.4. The standard InChI is InChI=1S/C20H19Br2Cl2N3O2S/c21-19-16-13(8-14(28)17(16)20(22)30-19)25-15(29)10-27-6-4-26(5-7-27)9-11-2-1-3-12(23)18(11)24/h1-3,13H,4-10H2,(H,25,29). The van der Waals surface area contributed by atoms with Gasteiger partial charge in [-0.2, -0.15) is 0 Å². The first kappa shape index (κ1) is 22.7. The van der Waals surface area contributed by atoms with Crippen LogP contribution in [0.5, 0.6) is 0 Å². The van der Waals surface area contributed by atoms with E-state index < -0.39 is 0 Å². The SMILES string of the molecule is O=C(CN1CCN(Cc2cccc(Cl)c2Cl)CC1)NC1CC(=O)c2c(Br)sc(Br)c21. The number of nitrogens with one attached hydrogen (secondary N) is 1. The Hall–Kier alpha value is -0.480. The number of fused-ring (bicyclic) bond motifs is 1. The largest absolute Gasteiger partial charge is 0.348 e. The minimum Gasteiger partial charge on any atom is -0.348 e. The molecule has 2 aliphatic rings. The first-order chi connectivity index (χ1) is 14.3. The van der Waals surface area contributed by atoms with E-state index in [-0.39, 0.29) is 17.7 Å². The first-order valence-corrected chi connectivity index (χ1v) is 12.7. The van der Waals surface area contributed by atoms with Crippen LogP contribution in [-0.2, 0) is 11.3 Å². The predicted octanol–water partition coefficient (Wildman–Crippen LogP) is 5.14. The number of carbonyl (C=O) groups is 2. The van der Waals surface area contributed by atoms with E-state index in [4.69, 9.17) is 23.2 Å². The molecule has 1 fully saturated rings. The van der Waals surface area contributed by atoms with Gasteiger partial charge in [0.1, 0.15) is 0 Å². The molecule has 1 amide bonds. The number of benzene rings is 1. The molecule has 1 unspecified atom stereocenters. The fourth-order valence-corrected chi connectivity index (χ4v) is 7.68. The number of thiophene rings is 1. The number of hydrogen-bond acceptors (Lipinski definition) is 5. The molecule has 4 rings (SSSR count). The van der Waals surface area contributed by atoms with Crippen molar-refractivity contribution < 1.29 is 9.59 Å². The van der Waals surface area contributed by atoms with Gasteiger partial charge >= 0.3 is 0 Å². The van der Waals surface area contributed by atoms with Crippen LogP contribution in [0.2, 0.25) is 10.0 Å². The van der Waals surface area contributed by atoms with E-state index in [0.717, 1.165) is 51.4 Å². The molecule has 1 aromatic carbocycles. The third-order valence-corrected chi connectivity index (χ3v) is 8.90. The number of Topliss-reactive ketones (excluding diaryl/α,β-unsaturated/α-hetero) is 1. The lowest BCUT2D eigenvalue weighted by atomic mass is 10.2. The van der Waals surface area contributed by atoms with Crippen LogP contribution in [0, 0.1) is 0 Å². The highest BCUT2D eigenvalue weighted by molar-refractivity contribution is 9.12. The smallest absolute Gasteiger partial charge is 0.234 e. The summed E-state index contributed by atoms with van der Waals surface area (Å²) in [5.74, 6) is 0.0126. The number of amides is 1. The summed E-state index contributed by atoms with van der Waals surface area (Å²) in [7, 11) is 0. The maximum atomic E-state index is 12.6. The number of ketones is 1. The molecule has 1 aliphatic carbocycles. The summed E-state index contributed by atoms with van der Waals surface area (Å²) < 4.78 is 1.72. The Morgan fingerprint density at radius 1 is 1.13 bits per heavy atom. The van der Waals surface area contributed by atoms with Crippen molar-refractivity contribution in [2.75, 3.05) is 32.7 Å². The fourth-order valence-electron chi connectivity index (χ4n) is 3.93. The van der Waals surface area contributed by atoms with Crippen LogP contribution in [0.15, 0.2) is 25.8 Å². The maximum Gasteiger partial charge on any atom is 0.234 e. The Morgan fingerprint density at radius 2 is 1.83 bits per heavy atom. The van der Waals surface area contributed by atoms with E-state index in [2.05, 4.69) is 47.0 Å². The van der Waals surface area contributed by atoms with Gasteiger partial charge in [-0.1, -0.05) is 35.3 Å².